The summed E-state index contributed by atoms with van der Waals surface area (Å²) in [4.78, 5) is 17.1. The maximum Gasteiger partial charge on any atom is 0.293 e. The average molecular weight is 280 g/mol. The van der Waals surface area contributed by atoms with Gasteiger partial charge in [-0.15, -0.1) is 0 Å². The zero-order valence-electron chi connectivity index (χ0n) is 11.7. The van der Waals surface area contributed by atoms with Crippen molar-refractivity contribution in [2.24, 2.45) is 11.8 Å². The molecular weight excluding hydrogens is 264 g/mol. The van der Waals surface area contributed by atoms with Crippen molar-refractivity contribution in [1.82, 2.24) is 9.80 Å². The molecule has 4 aliphatic rings. The van der Waals surface area contributed by atoms with Crippen molar-refractivity contribution in [2.75, 3.05) is 19.6 Å². The van der Waals surface area contributed by atoms with Crippen molar-refractivity contribution in [3.05, 3.63) is 48.0 Å². The molecule has 0 spiro atoms. The van der Waals surface area contributed by atoms with Crippen LogP contribution in [0.15, 0.2) is 46.6 Å². The molecule has 0 radical (unpaired) electrons. The molecule has 1 aromatic heterocycles. The number of fused-ring (bicyclic) bond motifs is 2. The highest BCUT2D eigenvalue weighted by Crippen LogP contribution is 2.44. The second-order valence-electron chi connectivity index (χ2n) is 6.27. The highest BCUT2D eigenvalue weighted by molar-refractivity contribution is 5.97. The van der Waals surface area contributed by atoms with E-state index in [0.29, 0.717) is 17.6 Å². The number of amides is 1. The number of likely N-dealkylation sites (tertiary alicyclic amines) is 1. The number of hydrogen-bond acceptors (Lipinski definition) is 3. The van der Waals surface area contributed by atoms with Crippen LogP contribution in [0.25, 0.3) is 11.0 Å². The van der Waals surface area contributed by atoms with E-state index >= 15 is 0 Å². The van der Waals surface area contributed by atoms with E-state index in [0.717, 1.165) is 30.6 Å². The Labute approximate surface area is 122 Å². The quantitative estimate of drug-likeness (QED) is 0.806. The Morgan fingerprint density at radius 3 is 2.95 bits per heavy atom. The molecule has 21 heavy (non-hydrogen) atoms. The Hall–Kier alpha value is -2.23. The number of nitrogens with zero attached hydrogens (tertiary/aromatic N) is 2. The lowest BCUT2D eigenvalue weighted by molar-refractivity contribution is 0.0791. The highest BCUT2D eigenvalue weighted by Gasteiger charge is 2.46. The van der Waals surface area contributed by atoms with E-state index in [1.165, 1.54) is 12.1 Å². The van der Waals surface area contributed by atoms with E-state index in [2.05, 4.69) is 11.1 Å². The van der Waals surface area contributed by atoms with Crippen LogP contribution in [-0.2, 0) is 0 Å². The van der Waals surface area contributed by atoms with Gasteiger partial charge in [0.1, 0.15) is 5.58 Å². The molecule has 0 N–H and O–H groups in total. The van der Waals surface area contributed by atoms with Crippen molar-refractivity contribution in [3.8, 4) is 0 Å². The molecule has 5 heterocycles. The smallest absolute Gasteiger partial charge is 0.293 e. The summed E-state index contributed by atoms with van der Waals surface area (Å²) in [7, 11) is 0. The van der Waals surface area contributed by atoms with Crippen LogP contribution >= 0.6 is 0 Å². The number of hydrogen-bond donors (Lipinski definition) is 0. The van der Waals surface area contributed by atoms with E-state index in [-0.39, 0.29) is 5.91 Å². The summed E-state index contributed by atoms with van der Waals surface area (Å²) in [5, 5.41) is 0.988. The molecule has 2 atom stereocenters. The average Bonchev–Trinajstić information content (AvgIpc) is 3.06. The number of carbonyl (C=O) groups excluding carboxylic acids is 1. The van der Waals surface area contributed by atoms with Gasteiger partial charge in [0.05, 0.1) is 0 Å². The minimum atomic E-state index is 0.00806. The molecular formula is C17H16N2O2. The predicted octanol–water partition coefficient (Wildman–Crippen LogP) is 2.68. The number of carbonyl (C=O) groups is 1. The van der Waals surface area contributed by atoms with Crippen molar-refractivity contribution >= 4 is 16.9 Å². The van der Waals surface area contributed by atoms with Crippen molar-refractivity contribution < 1.29 is 9.21 Å². The van der Waals surface area contributed by atoms with Gasteiger partial charge in [0.15, 0.2) is 5.76 Å². The number of rotatable bonds is 1. The lowest BCUT2D eigenvalue weighted by Crippen LogP contribution is -2.40. The molecule has 4 aliphatic heterocycles. The zero-order valence-corrected chi connectivity index (χ0v) is 11.7. The molecule has 4 heteroatoms. The van der Waals surface area contributed by atoms with Gasteiger partial charge in [-0.25, -0.2) is 0 Å². The maximum atomic E-state index is 12.8. The van der Waals surface area contributed by atoms with E-state index in [4.69, 9.17) is 4.42 Å². The van der Waals surface area contributed by atoms with Gasteiger partial charge in [-0.2, -0.15) is 0 Å². The van der Waals surface area contributed by atoms with Gasteiger partial charge in [-0.05, 0) is 18.6 Å². The van der Waals surface area contributed by atoms with Gasteiger partial charge in [-0.1, -0.05) is 18.2 Å². The third kappa shape index (κ3) is 1.53. The SMILES string of the molecule is O=C(c1cc2ccccc2o1)N1C[C@@H]2CN3C=C1[C@H]2CC3. The summed E-state index contributed by atoms with van der Waals surface area (Å²) in [5.41, 5.74) is 1.98. The Morgan fingerprint density at radius 1 is 1.24 bits per heavy atom. The predicted molar refractivity (Wildman–Crippen MR) is 78.5 cm³/mol. The van der Waals surface area contributed by atoms with E-state index < -0.39 is 0 Å². The summed E-state index contributed by atoms with van der Waals surface area (Å²) in [5.74, 6) is 1.64. The largest absolute Gasteiger partial charge is 0.451 e. The fraction of sp³-hybridized carbons (Fsp3) is 0.353. The fourth-order valence-corrected chi connectivity index (χ4v) is 4.06. The van der Waals surface area contributed by atoms with Gasteiger partial charge in [-0.3, -0.25) is 4.79 Å². The first-order valence-electron chi connectivity index (χ1n) is 7.56. The van der Waals surface area contributed by atoms with Gasteiger partial charge in [0.2, 0.25) is 0 Å². The third-order valence-corrected chi connectivity index (χ3v) is 5.07. The molecule has 1 aromatic carbocycles. The lowest BCUT2D eigenvalue weighted by atomic mass is 9.84. The Kier molecular flexibility index (Phi) is 2.13. The lowest BCUT2D eigenvalue weighted by Gasteiger charge is -2.39. The first-order chi connectivity index (χ1) is 10.3. The normalized spacial score (nSPS) is 26.6. The first kappa shape index (κ1) is 11.4. The third-order valence-electron chi connectivity index (χ3n) is 5.07. The first-order valence-corrected chi connectivity index (χ1v) is 7.56. The van der Waals surface area contributed by atoms with Crippen LogP contribution in [0.5, 0.6) is 0 Å². The number of furan rings is 1. The summed E-state index contributed by atoms with van der Waals surface area (Å²) in [6.07, 6.45) is 3.36. The molecule has 0 unspecified atom stereocenters. The standard InChI is InChI=1S/C17H16N2O2/c20-17(16-7-11-3-1-2-4-15(11)21-16)19-9-12-8-18-6-5-13(12)14(19)10-18/h1-4,7,10,12-13H,5-6,8-9H2/t12-,13-/m0/s1. The van der Waals surface area contributed by atoms with Crippen molar-refractivity contribution in [2.45, 2.75) is 6.42 Å². The van der Waals surface area contributed by atoms with Gasteiger partial charge in [0.25, 0.3) is 5.91 Å². The number of benzene rings is 1. The topological polar surface area (TPSA) is 36.7 Å². The molecule has 2 saturated heterocycles. The van der Waals surface area contributed by atoms with Crippen molar-refractivity contribution in [3.63, 3.8) is 0 Å². The van der Waals surface area contributed by atoms with E-state index in [1.54, 1.807) is 0 Å². The molecule has 106 valence electrons. The van der Waals surface area contributed by atoms with Crippen LogP contribution in [0.2, 0.25) is 0 Å². The monoisotopic (exact) mass is 280 g/mol. The maximum absolute atomic E-state index is 12.8. The van der Waals surface area contributed by atoms with Gasteiger partial charge in [0, 0.05) is 48.8 Å². The number of allylic oxidation sites excluding steroid dienone is 1. The molecule has 1 amide bonds. The second-order valence-corrected chi connectivity index (χ2v) is 6.27. The molecule has 2 aromatic rings. The zero-order chi connectivity index (χ0) is 14.0. The van der Waals surface area contributed by atoms with Crippen LogP contribution in [0.4, 0.5) is 0 Å². The highest BCUT2D eigenvalue weighted by atomic mass is 16.3. The summed E-state index contributed by atoms with van der Waals surface area (Å²) >= 11 is 0. The van der Waals surface area contributed by atoms with E-state index in [1.807, 2.05) is 35.2 Å². The Bertz CT molecular complexity index is 743. The minimum Gasteiger partial charge on any atom is -0.451 e. The second kappa shape index (κ2) is 3.91. The Balaban J connectivity index is 1.53. The number of piperidine rings is 1. The van der Waals surface area contributed by atoms with Crippen LogP contribution in [-0.4, -0.2) is 35.3 Å². The van der Waals surface area contributed by atoms with Crippen molar-refractivity contribution in [1.29, 1.82) is 0 Å². The molecule has 0 aliphatic carbocycles. The fourth-order valence-electron chi connectivity index (χ4n) is 4.06. The van der Waals surface area contributed by atoms with Crippen LogP contribution in [0.3, 0.4) is 0 Å². The molecule has 4 nitrogen and oxygen atoms in total. The van der Waals surface area contributed by atoms with Gasteiger partial charge >= 0.3 is 0 Å². The van der Waals surface area contributed by atoms with Crippen LogP contribution in [0.1, 0.15) is 17.0 Å². The van der Waals surface area contributed by atoms with E-state index in [9.17, 15) is 4.79 Å². The summed E-state index contributed by atoms with van der Waals surface area (Å²) < 4.78 is 5.74. The Morgan fingerprint density at radius 2 is 2.14 bits per heavy atom. The molecule has 4 bridgehead atoms. The number of para-hydroxylation sites is 1. The molecule has 6 rings (SSSR count). The summed E-state index contributed by atoms with van der Waals surface area (Å²) in [6, 6.07) is 9.63. The van der Waals surface area contributed by atoms with Crippen LogP contribution in [0, 0.1) is 11.8 Å². The van der Waals surface area contributed by atoms with Crippen LogP contribution < -0.4 is 0 Å². The molecule has 2 fully saturated rings. The van der Waals surface area contributed by atoms with Gasteiger partial charge < -0.3 is 14.2 Å². The summed E-state index contributed by atoms with van der Waals surface area (Å²) in [6.45, 7) is 3.07. The molecule has 0 saturated carbocycles. The minimum absolute atomic E-state index is 0.00806.